The van der Waals surface area contributed by atoms with E-state index in [-0.39, 0.29) is 0 Å². The minimum absolute atomic E-state index is 0.726. The summed E-state index contributed by atoms with van der Waals surface area (Å²) in [4.78, 5) is 9.26. The number of rotatable bonds is 2. The number of aromatic nitrogens is 2. The molecule has 1 heterocycles. The predicted molar refractivity (Wildman–Crippen MR) is 95.1 cm³/mol. The van der Waals surface area contributed by atoms with Crippen LogP contribution in [0.3, 0.4) is 0 Å². The molecular formula is C18H14BrClN2. The first-order chi connectivity index (χ1) is 10.5. The van der Waals surface area contributed by atoms with Gasteiger partial charge in [0.05, 0.1) is 5.69 Å². The van der Waals surface area contributed by atoms with E-state index in [2.05, 4.69) is 27.0 Å². The Morgan fingerprint density at radius 1 is 0.909 bits per heavy atom. The second-order valence-electron chi connectivity index (χ2n) is 5.19. The number of halogens is 2. The van der Waals surface area contributed by atoms with E-state index in [1.165, 1.54) is 0 Å². The molecule has 0 amide bonds. The van der Waals surface area contributed by atoms with Crippen LogP contribution in [0, 0.1) is 13.8 Å². The zero-order valence-corrected chi connectivity index (χ0v) is 14.6. The average Bonchev–Trinajstić information content (AvgIpc) is 2.49. The molecule has 0 saturated heterocycles. The van der Waals surface area contributed by atoms with Gasteiger partial charge in [-0.25, -0.2) is 9.97 Å². The van der Waals surface area contributed by atoms with Crippen LogP contribution in [0.5, 0.6) is 0 Å². The van der Waals surface area contributed by atoms with Crippen LogP contribution in [0.15, 0.2) is 53.0 Å². The van der Waals surface area contributed by atoms with E-state index >= 15 is 0 Å². The number of hydrogen-bond acceptors (Lipinski definition) is 2. The number of hydrogen-bond donors (Lipinski definition) is 0. The Morgan fingerprint density at radius 2 is 1.73 bits per heavy atom. The molecule has 110 valence electrons. The van der Waals surface area contributed by atoms with E-state index in [0.717, 1.165) is 43.4 Å². The molecule has 1 aromatic heterocycles. The summed E-state index contributed by atoms with van der Waals surface area (Å²) in [5.74, 6) is 0.726. The van der Waals surface area contributed by atoms with E-state index in [1.54, 1.807) is 0 Å². The zero-order valence-electron chi connectivity index (χ0n) is 12.3. The Hall–Kier alpha value is -1.71. The van der Waals surface area contributed by atoms with E-state index < -0.39 is 0 Å². The summed E-state index contributed by atoms with van der Waals surface area (Å²) in [6, 6.07) is 15.9. The highest BCUT2D eigenvalue weighted by Gasteiger charge is 2.08. The lowest BCUT2D eigenvalue weighted by Gasteiger charge is -2.08. The number of aryl methyl sites for hydroxylation is 2. The Bertz CT molecular complexity index is 846. The topological polar surface area (TPSA) is 25.8 Å². The van der Waals surface area contributed by atoms with Crippen molar-refractivity contribution in [3.8, 4) is 22.6 Å². The fraction of sp³-hybridized carbons (Fsp3) is 0.111. The second kappa shape index (κ2) is 6.19. The lowest BCUT2D eigenvalue weighted by atomic mass is 10.1. The molecule has 0 saturated carbocycles. The molecule has 0 atom stereocenters. The zero-order chi connectivity index (χ0) is 15.7. The molecule has 0 fully saturated rings. The van der Waals surface area contributed by atoms with Crippen LogP contribution in [0.1, 0.15) is 11.3 Å². The van der Waals surface area contributed by atoms with Crippen molar-refractivity contribution in [1.82, 2.24) is 9.97 Å². The molecule has 0 spiro atoms. The maximum atomic E-state index is 6.11. The normalized spacial score (nSPS) is 10.7. The number of nitrogens with zero attached hydrogens (tertiary/aromatic N) is 2. The van der Waals surface area contributed by atoms with Crippen LogP contribution >= 0.6 is 27.5 Å². The van der Waals surface area contributed by atoms with Gasteiger partial charge in [0.25, 0.3) is 0 Å². The lowest BCUT2D eigenvalue weighted by molar-refractivity contribution is 1.11. The minimum Gasteiger partial charge on any atom is -0.233 e. The molecular weight excluding hydrogens is 360 g/mol. The molecule has 0 radical (unpaired) electrons. The second-order valence-corrected chi connectivity index (χ2v) is 6.52. The van der Waals surface area contributed by atoms with Gasteiger partial charge >= 0.3 is 0 Å². The van der Waals surface area contributed by atoms with Crippen LogP contribution in [0.2, 0.25) is 5.02 Å². The van der Waals surface area contributed by atoms with Gasteiger partial charge < -0.3 is 0 Å². The molecule has 0 aliphatic carbocycles. The highest BCUT2D eigenvalue weighted by molar-refractivity contribution is 9.10. The molecule has 3 aromatic rings. The van der Waals surface area contributed by atoms with Crippen molar-refractivity contribution in [2.45, 2.75) is 13.8 Å². The minimum atomic E-state index is 0.726. The largest absolute Gasteiger partial charge is 0.233 e. The Kier molecular flexibility index (Phi) is 4.27. The first kappa shape index (κ1) is 15.2. The summed E-state index contributed by atoms with van der Waals surface area (Å²) in [5.41, 5.74) is 4.92. The fourth-order valence-electron chi connectivity index (χ4n) is 2.28. The van der Waals surface area contributed by atoms with Gasteiger partial charge in [-0.2, -0.15) is 0 Å². The van der Waals surface area contributed by atoms with Gasteiger partial charge in [0.1, 0.15) is 0 Å². The third kappa shape index (κ3) is 3.21. The maximum absolute atomic E-state index is 6.11. The van der Waals surface area contributed by atoms with Crippen molar-refractivity contribution < 1.29 is 0 Å². The summed E-state index contributed by atoms with van der Waals surface area (Å²) in [7, 11) is 0. The molecule has 0 aliphatic rings. The van der Waals surface area contributed by atoms with Crippen LogP contribution in [-0.2, 0) is 0 Å². The molecule has 2 nitrogen and oxygen atoms in total. The summed E-state index contributed by atoms with van der Waals surface area (Å²) < 4.78 is 1.01. The van der Waals surface area contributed by atoms with Crippen LogP contribution in [-0.4, -0.2) is 9.97 Å². The summed E-state index contributed by atoms with van der Waals surface area (Å²) in [6.07, 6.45) is 0. The van der Waals surface area contributed by atoms with E-state index in [1.807, 2.05) is 56.3 Å². The van der Waals surface area contributed by atoms with Gasteiger partial charge in [-0.15, -0.1) is 0 Å². The highest BCUT2D eigenvalue weighted by Crippen LogP contribution is 2.26. The first-order valence-electron chi connectivity index (χ1n) is 6.91. The Morgan fingerprint density at radius 3 is 2.45 bits per heavy atom. The van der Waals surface area contributed by atoms with Gasteiger partial charge in [0.2, 0.25) is 0 Å². The maximum Gasteiger partial charge on any atom is 0.160 e. The van der Waals surface area contributed by atoms with Crippen LogP contribution in [0.4, 0.5) is 0 Å². The molecule has 4 heteroatoms. The third-order valence-corrected chi connectivity index (χ3v) is 4.31. The summed E-state index contributed by atoms with van der Waals surface area (Å²) in [5, 5.41) is 0.766. The molecule has 2 aromatic carbocycles. The quantitative estimate of drug-likeness (QED) is 0.563. The van der Waals surface area contributed by atoms with Crippen molar-refractivity contribution in [2.75, 3.05) is 0 Å². The van der Waals surface area contributed by atoms with E-state index in [9.17, 15) is 0 Å². The highest BCUT2D eigenvalue weighted by atomic mass is 79.9. The van der Waals surface area contributed by atoms with Gasteiger partial charge in [-0.3, -0.25) is 0 Å². The molecule has 3 rings (SSSR count). The van der Waals surface area contributed by atoms with Crippen molar-refractivity contribution in [1.29, 1.82) is 0 Å². The Balaban J connectivity index is 2.12. The van der Waals surface area contributed by atoms with Gasteiger partial charge in [-0.1, -0.05) is 45.7 Å². The molecule has 0 unspecified atom stereocenters. The van der Waals surface area contributed by atoms with Crippen molar-refractivity contribution in [3.63, 3.8) is 0 Å². The summed E-state index contributed by atoms with van der Waals surface area (Å²) >= 11 is 9.59. The fourth-order valence-corrected chi connectivity index (χ4v) is 2.79. The van der Waals surface area contributed by atoms with Gasteiger partial charge in [-0.05, 0) is 49.7 Å². The van der Waals surface area contributed by atoms with Gasteiger partial charge in [0, 0.05) is 26.3 Å². The standard InChI is InChI=1S/C18H14BrClN2/c1-11-8-13(6-7-16(11)20)17-9-12(2)21-18(22-17)14-4-3-5-15(19)10-14/h3-10H,1-2H3. The molecule has 0 bridgehead atoms. The van der Waals surface area contributed by atoms with Crippen molar-refractivity contribution in [3.05, 3.63) is 69.3 Å². The van der Waals surface area contributed by atoms with Crippen LogP contribution in [0.25, 0.3) is 22.6 Å². The van der Waals surface area contributed by atoms with Crippen molar-refractivity contribution in [2.24, 2.45) is 0 Å². The monoisotopic (exact) mass is 372 g/mol. The van der Waals surface area contributed by atoms with Crippen molar-refractivity contribution >= 4 is 27.5 Å². The smallest absolute Gasteiger partial charge is 0.160 e. The first-order valence-corrected chi connectivity index (χ1v) is 8.08. The molecule has 22 heavy (non-hydrogen) atoms. The average molecular weight is 374 g/mol. The SMILES string of the molecule is Cc1cc(-c2ccc(Cl)c(C)c2)nc(-c2cccc(Br)c2)n1. The van der Waals surface area contributed by atoms with Gasteiger partial charge in [0.15, 0.2) is 5.82 Å². The lowest BCUT2D eigenvalue weighted by Crippen LogP contribution is -1.95. The van der Waals surface area contributed by atoms with Crippen LogP contribution < -0.4 is 0 Å². The van der Waals surface area contributed by atoms with E-state index in [0.29, 0.717) is 0 Å². The Labute approximate surface area is 143 Å². The summed E-state index contributed by atoms with van der Waals surface area (Å²) in [6.45, 7) is 3.98. The predicted octanol–water partition coefficient (Wildman–Crippen LogP) is 5.84. The third-order valence-electron chi connectivity index (χ3n) is 3.39. The molecule has 0 N–H and O–H groups in total. The molecule has 0 aliphatic heterocycles. The van der Waals surface area contributed by atoms with E-state index in [4.69, 9.17) is 16.6 Å². The number of benzene rings is 2.